The molecule has 27 heavy (non-hydrogen) atoms. The van der Waals surface area contributed by atoms with Crippen molar-refractivity contribution >= 4 is 5.95 Å². The van der Waals surface area contributed by atoms with Gasteiger partial charge in [0.25, 0.3) is 0 Å². The normalized spacial score (nSPS) is 18.0. The van der Waals surface area contributed by atoms with Crippen molar-refractivity contribution in [1.29, 1.82) is 0 Å². The number of ether oxygens (including phenoxy) is 1. The van der Waals surface area contributed by atoms with E-state index in [1.807, 2.05) is 19.2 Å². The summed E-state index contributed by atoms with van der Waals surface area (Å²) < 4.78 is 5.44. The van der Waals surface area contributed by atoms with Gasteiger partial charge in [-0.05, 0) is 56.0 Å². The summed E-state index contributed by atoms with van der Waals surface area (Å²) in [6.07, 6.45) is 2.56. The van der Waals surface area contributed by atoms with Gasteiger partial charge in [-0.25, -0.2) is 9.97 Å². The Morgan fingerprint density at radius 2 is 1.96 bits per heavy atom. The molecule has 1 aromatic heterocycles. The molecule has 1 aliphatic heterocycles. The Labute approximate surface area is 161 Å². The van der Waals surface area contributed by atoms with Gasteiger partial charge in [0.2, 0.25) is 5.95 Å². The fourth-order valence-electron chi connectivity index (χ4n) is 3.76. The lowest BCUT2D eigenvalue weighted by molar-refractivity contribution is 0.134. The van der Waals surface area contributed by atoms with Crippen molar-refractivity contribution in [1.82, 2.24) is 14.9 Å². The van der Waals surface area contributed by atoms with Gasteiger partial charge in [0, 0.05) is 50.7 Å². The number of hydrogen-bond donors (Lipinski definition) is 1. The maximum absolute atomic E-state index is 9.58. The maximum atomic E-state index is 9.58. The molecule has 2 heterocycles. The number of aliphatic hydroxyl groups excluding tert-OH is 1. The molecule has 0 aliphatic carbocycles. The Kier molecular flexibility index (Phi) is 6.29. The number of hydrogen-bond acceptors (Lipinski definition) is 6. The van der Waals surface area contributed by atoms with E-state index in [-0.39, 0.29) is 12.6 Å². The van der Waals surface area contributed by atoms with Crippen molar-refractivity contribution in [3.8, 4) is 5.75 Å². The van der Waals surface area contributed by atoms with Crippen LogP contribution >= 0.6 is 0 Å². The van der Waals surface area contributed by atoms with E-state index in [9.17, 15) is 5.11 Å². The van der Waals surface area contributed by atoms with Crippen LogP contribution in [-0.2, 0) is 6.54 Å². The summed E-state index contributed by atoms with van der Waals surface area (Å²) in [6.45, 7) is 9.96. The first-order chi connectivity index (χ1) is 13.0. The fourth-order valence-corrected chi connectivity index (χ4v) is 3.76. The third-order valence-electron chi connectivity index (χ3n) is 5.57. The van der Waals surface area contributed by atoms with E-state index in [1.54, 1.807) is 7.11 Å². The molecule has 0 saturated carbocycles. The number of aromatic nitrogens is 2. The van der Waals surface area contributed by atoms with Gasteiger partial charge in [0.15, 0.2) is 0 Å². The highest BCUT2D eigenvalue weighted by molar-refractivity contribution is 5.43. The summed E-state index contributed by atoms with van der Waals surface area (Å²) in [7, 11) is 1.71. The standard InChI is InChI=1S/C21H30N4O2/c1-15-7-9-22-21(23-15)25-11-10-24(19(14-25)8-12-26)13-18-5-6-20(27-4)17(3)16(18)2/h5-7,9,19,26H,8,10-14H2,1-4H3. The Morgan fingerprint density at radius 3 is 2.67 bits per heavy atom. The maximum Gasteiger partial charge on any atom is 0.225 e. The number of benzene rings is 1. The molecule has 1 aliphatic rings. The quantitative estimate of drug-likeness (QED) is 0.843. The van der Waals surface area contributed by atoms with Crippen LogP contribution in [0.1, 0.15) is 28.8 Å². The molecule has 6 heteroatoms. The molecule has 1 unspecified atom stereocenters. The van der Waals surface area contributed by atoms with Crippen LogP contribution in [0.3, 0.4) is 0 Å². The van der Waals surface area contributed by atoms with Gasteiger partial charge in [-0.1, -0.05) is 6.07 Å². The SMILES string of the molecule is COc1ccc(CN2CCN(c3nccc(C)n3)CC2CCO)c(C)c1C. The summed E-state index contributed by atoms with van der Waals surface area (Å²) in [5.74, 6) is 1.72. The average Bonchev–Trinajstić information content (AvgIpc) is 2.67. The Balaban J connectivity index is 1.76. The van der Waals surface area contributed by atoms with Crippen LogP contribution in [-0.4, -0.2) is 59.4 Å². The fraction of sp³-hybridized carbons (Fsp3) is 0.524. The zero-order valence-corrected chi connectivity index (χ0v) is 16.8. The van der Waals surface area contributed by atoms with E-state index >= 15 is 0 Å². The highest BCUT2D eigenvalue weighted by atomic mass is 16.5. The predicted octanol–water partition coefficient (Wildman–Crippen LogP) is 2.48. The molecule has 1 aromatic carbocycles. The molecule has 1 atom stereocenters. The van der Waals surface area contributed by atoms with E-state index in [0.717, 1.165) is 50.0 Å². The molecule has 1 fully saturated rings. The number of aryl methyl sites for hydroxylation is 1. The van der Waals surface area contributed by atoms with Gasteiger partial charge in [0.1, 0.15) is 5.75 Å². The Morgan fingerprint density at radius 1 is 1.15 bits per heavy atom. The summed E-state index contributed by atoms with van der Waals surface area (Å²) >= 11 is 0. The highest BCUT2D eigenvalue weighted by Gasteiger charge is 2.28. The van der Waals surface area contributed by atoms with E-state index in [2.05, 4.69) is 45.7 Å². The first kappa shape index (κ1) is 19.6. The van der Waals surface area contributed by atoms with Crippen molar-refractivity contribution in [2.75, 3.05) is 38.3 Å². The van der Waals surface area contributed by atoms with Crippen molar-refractivity contribution in [2.45, 2.75) is 39.8 Å². The molecule has 0 spiro atoms. The van der Waals surface area contributed by atoms with Gasteiger partial charge in [-0.2, -0.15) is 0 Å². The number of anilines is 1. The number of nitrogens with zero attached hydrogens (tertiary/aromatic N) is 4. The van der Waals surface area contributed by atoms with Crippen molar-refractivity contribution in [3.05, 3.63) is 46.8 Å². The van der Waals surface area contributed by atoms with E-state index in [1.165, 1.54) is 16.7 Å². The van der Waals surface area contributed by atoms with Gasteiger partial charge in [-0.15, -0.1) is 0 Å². The summed E-state index contributed by atoms with van der Waals surface area (Å²) in [5.41, 5.74) is 4.77. The third kappa shape index (κ3) is 4.39. The summed E-state index contributed by atoms with van der Waals surface area (Å²) in [5, 5.41) is 9.58. The van der Waals surface area contributed by atoms with Gasteiger partial charge >= 0.3 is 0 Å². The number of piperazine rings is 1. The summed E-state index contributed by atoms with van der Waals surface area (Å²) in [6, 6.07) is 6.40. The molecule has 6 nitrogen and oxygen atoms in total. The molecule has 0 radical (unpaired) electrons. The van der Waals surface area contributed by atoms with Crippen molar-refractivity contribution < 1.29 is 9.84 Å². The number of rotatable bonds is 6. The molecular weight excluding hydrogens is 340 g/mol. The second-order valence-electron chi connectivity index (χ2n) is 7.26. The largest absolute Gasteiger partial charge is 0.496 e. The van der Waals surface area contributed by atoms with Crippen LogP contribution in [0.15, 0.2) is 24.4 Å². The van der Waals surface area contributed by atoms with E-state index in [0.29, 0.717) is 0 Å². The van der Waals surface area contributed by atoms with Crippen LogP contribution < -0.4 is 9.64 Å². The van der Waals surface area contributed by atoms with Gasteiger partial charge in [0.05, 0.1) is 7.11 Å². The second kappa shape index (κ2) is 8.67. The van der Waals surface area contributed by atoms with Crippen molar-refractivity contribution in [3.63, 3.8) is 0 Å². The monoisotopic (exact) mass is 370 g/mol. The smallest absolute Gasteiger partial charge is 0.225 e. The zero-order chi connectivity index (χ0) is 19.4. The summed E-state index contributed by atoms with van der Waals surface area (Å²) in [4.78, 5) is 13.7. The van der Waals surface area contributed by atoms with Crippen LogP contribution in [0.4, 0.5) is 5.95 Å². The van der Waals surface area contributed by atoms with Crippen LogP contribution in [0.5, 0.6) is 5.75 Å². The van der Waals surface area contributed by atoms with Gasteiger partial charge < -0.3 is 14.7 Å². The second-order valence-corrected chi connectivity index (χ2v) is 7.26. The van der Waals surface area contributed by atoms with Gasteiger partial charge in [-0.3, -0.25) is 4.90 Å². The molecule has 1 N–H and O–H groups in total. The van der Waals surface area contributed by atoms with E-state index in [4.69, 9.17) is 4.74 Å². The lowest BCUT2D eigenvalue weighted by Gasteiger charge is -2.41. The molecule has 2 aromatic rings. The van der Waals surface area contributed by atoms with Crippen LogP contribution in [0.25, 0.3) is 0 Å². The van der Waals surface area contributed by atoms with Crippen LogP contribution in [0, 0.1) is 20.8 Å². The lowest BCUT2D eigenvalue weighted by Crippen LogP contribution is -2.53. The van der Waals surface area contributed by atoms with Crippen molar-refractivity contribution in [2.24, 2.45) is 0 Å². The minimum absolute atomic E-state index is 0.185. The number of aliphatic hydroxyl groups is 1. The van der Waals surface area contributed by atoms with Crippen LogP contribution in [0.2, 0.25) is 0 Å². The Bertz CT molecular complexity index is 781. The first-order valence-electron chi connectivity index (χ1n) is 9.56. The predicted molar refractivity (Wildman–Crippen MR) is 107 cm³/mol. The molecule has 0 bridgehead atoms. The average molecular weight is 370 g/mol. The third-order valence-corrected chi connectivity index (χ3v) is 5.57. The minimum atomic E-state index is 0.185. The molecule has 3 rings (SSSR count). The van der Waals surface area contributed by atoms with E-state index < -0.39 is 0 Å². The topological polar surface area (TPSA) is 61.7 Å². The minimum Gasteiger partial charge on any atom is -0.496 e. The highest BCUT2D eigenvalue weighted by Crippen LogP contribution is 2.26. The molecule has 1 saturated heterocycles. The Hall–Kier alpha value is -2.18. The molecule has 146 valence electrons. The first-order valence-corrected chi connectivity index (χ1v) is 9.56. The lowest BCUT2D eigenvalue weighted by atomic mass is 10.00. The zero-order valence-electron chi connectivity index (χ0n) is 16.8. The number of methoxy groups -OCH3 is 1. The molecular formula is C21H30N4O2. The molecule has 0 amide bonds.